The molecule has 1 rings (SSSR count). The molecule has 1 aromatic rings. The molecule has 0 aromatic carbocycles. The van der Waals surface area contributed by atoms with Crippen LogP contribution in [-0.4, -0.2) is 21.8 Å². The second-order valence-corrected chi connectivity index (χ2v) is 1.51. The molecule has 2 N–H and O–H groups in total. The number of aromatic amines is 1. The lowest BCUT2D eigenvalue weighted by Gasteiger charge is -1.80. The maximum Gasteiger partial charge on any atom is 0.211 e. The third kappa shape index (κ3) is 1.70. The number of H-pyrrole nitrogens is 1. The molecule has 0 fully saturated rings. The van der Waals surface area contributed by atoms with Gasteiger partial charge in [0, 0.05) is 6.20 Å². The van der Waals surface area contributed by atoms with Gasteiger partial charge >= 0.3 is 0 Å². The van der Waals surface area contributed by atoms with Crippen LogP contribution in [0.1, 0.15) is 5.69 Å². The molecular formula is C5H6N4O. The first-order chi connectivity index (χ1) is 4.93. The van der Waals surface area contributed by atoms with Gasteiger partial charge in [-0.1, -0.05) is 0 Å². The van der Waals surface area contributed by atoms with Crippen molar-refractivity contribution in [2.45, 2.75) is 0 Å². The predicted molar refractivity (Wildman–Crippen MR) is 34.6 cm³/mol. The van der Waals surface area contributed by atoms with E-state index in [1.165, 1.54) is 6.20 Å². The van der Waals surface area contributed by atoms with Crippen LogP contribution in [0.15, 0.2) is 12.4 Å². The first kappa shape index (κ1) is 6.47. The van der Waals surface area contributed by atoms with E-state index in [9.17, 15) is 4.79 Å². The Morgan fingerprint density at radius 3 is 3.20 bits per heavy atom. The van der Waals surface area contributed by atoms with Gasteiger partial charge in [0.15, 0.2) is 0 Å². The van der Waals surface area contributed by atoms with Crippen LogP contribution in [0.3, 0.4) is 0 Å². The Bertz CT molecular complexity index is 216. The van der Waals surface area contributed by atoms with Crippen LogP contribution in [0.4, 0.5) is 0 Å². The van der Waals surface area contributed by atoms with E-state index in [1.54, 1.807) is 12.3 Å². The zero-order chi connectivity index (χ0) is 7.23. The van der Waals surface area contributed by atoms with Gasteiger partial charge in [-0.05, 0) is 6.08 Å². The lowest BCUT2D eigenvalue weighted by Crippen LogP contribution is -1.97. The van der Waals surface area contributed by atoms with Gasteiger partial charge < -0.3 is 5.32 Å². The van der Waals surface area contributed by atoms with E-state index < -0.39 is 0 Å². The lowest BCUT2D eigenvalue weighted by atomic mass is 10.5. The van der Waals surface area contributed by atoms with E-state index in [2.05, 4.69) is 20.7 Å². The molecule has 5 heteroatoms. The Kier molecular flexibility index (Phi) is 2.19. The Balaban J connectivity index is 2.47. The molecule has 0 aliphatic carbocycles. The van der Waals surface area contributed by atoms with Gasteiger partial charge in [-0.2, -0.15) is 15.4 Å². The van der Waals surface area contributed by atoms with E-state index in [1.807, 2.05) is 0 Å². The Labute approximate surface area is 57.1 Å². The largest absolute Gasteiger partial charge is 0.335 e. The molecule has 0 bridgehead atoms. The van der Waals surface area contributed by atoms with Crippen LogP contribution in [0, 0.1) is 0 Å². The summed E-state index contributed by atoms with van der Waals surface area (Å²) in [5.41, 5.74) is 0.675. The monoisotopic (exact) mass is 138 g/mol. The van der Waals surface area contributed by atoms with Crippen LogP contribution in [-0.2, 0) is 4.79 Å². The summed E-state index contributed by atoms with van der Waals surface area (Å²) in [6, 6.07) is 0. The fraction of sp³-hybridized carbons (Fsp3) is 0. The molecule has 0 radical (unpaired) electrons. The summed E-state index contributed by atoms with van der Waals surface area (Å²) in [7, 11) is 0. The van der Waals surface area contributed by atoms with E-state index in [4.69, 9.17) is 0 Å². The Morgan fingerprint density at radius 1 is 1.70 bits per heavy atom. The van der Waals surface area contributed by atoms with E-state index >= 15 is 0 Å². The number of carbonyl (C=O) groups excluding carboxylic acids is 1. The number of nitrogens with zero attached hydrogens (tertiary/aromatic N) is 2. The summed E-state index contributed by atoms with van der Waals surface area (Å²) in [6.07, 6.45) is 5.22. The molecule has 0 saturated heterocycles. The van der Waals surface area contributed by atoms with Gasteiger partial charge in [0.25, 0.3) is 0 Å². The average Bonchev–Trinajstić information content (AvgIpc) is 2.41. The van der Waals surface area contributed by atoms with E-state index in [0.717, 1.165) is 0 Å². The Morgan fingerprint density at radius 2 is 2.60 bits per heavy atom. The highest BCUT2D eigenvalue weighted by Gasteiger charge is 1.84. The maximum atomic E-state index is 9.73. The van der Waals surface area contributed by atoms with Gasteiger partial charge in [0.2, 0.25) is 6.41 Å². The topological polar surface area (TPSA) is 70.7 Å². The summed E-state index contributed by atoms with van der Waals surface area (Å²) < 4.78 is 0. The highest BCUT2D eigenvalue weighted by molar-refractivity contribution is 5.52. The second kappa shape index (κ2) is 3.39. The number of carbonyl (C=O) groups is 1. The molecule has 0 atom stereocenters. The fourth-order valence-electron chi connectivity index (χ4n) is 0.464. The molecule has 1 aromatic heterocycles. The summed E-state index contributed by atoms with van der Waals surface area (Å²) in [6.45, 7) is 0. The van der Waals surface area contributed by atoms with Gasteiger partial charge in [0.1, 0.15) is 5.69 Å². The van der Waals surface area contributed by atoms with Gasteiger partial charge in [-0.25, -0.2) is 0 Å². The summed E-state index contributed by atoms with van der Waals surface area (Å²) in [4.78, 5) is 9.73. The van der Waals surface area contributed by atoms with Crippen molar-refractivity contribution in [3.8, 4) is 0 Å². The molecule has 1 heterocycles. The number of amides is 1. The van der Waals surface area contributed by atoms with Crippen molar-refractivity contribution in [1.29, 1.82) is 0 Å². The normalized spacial score (nSPS) is 10.0. The molecule has 1 amide bonds. The van der Waals surface area contributed by atoms with Crippen LogP contribution in [0.2, 0.25) is 0 Å². The molecule has 0 saturated carbocycles. The molecule has 5 nitrogen and oxygen atoms in total. The molecule has 0 spiro atoms. The zero-order valence-electron chi connectivity index (χ0n) is 5.11. The first-order valence-corrected chi connectivity index (χ1v) is 2.65. The maximum absolute atomic E-state index is 9.73. The molecule has 0 aliphatic heterocycles. The molecule has 0 aliphatic rings. The number of hydrogen-bond donors (Lipinski definition) is 2. The zero-order valence-corrected chi connectivity index (χ0v) is 5.11. The third-order valence-electron chi connectivity index (χ3n) is 0.852. The number of nitrogens with one attached hydrogen (secondary N) is 2. The summed E-state index contributed by atoms with van der Waals surface area (Å²) in [5.74, 6) is 0. The van der Waals surface area contributed by atoms with Gasteiger partial charge in [-0.15, -0.1) is 0 Å². The standard InChI is InChI=1S/C5H6N4O/c10-4-6-2-1-5-3-7-9-8-5/h1-4H,(H,6,10)(H,7,8,9)/b2-1+. The number of rotatable bonds is 3. The smallest absolute Gasteiger partial charge is 0.211 e. The molecule has 0 unspecified atom stereocenters. The molecular weight excluding hydrogens is 132 g/mol. The third-order valence-corrected chi connectivity index (χ3v) is 0.852. The molecule has 52 valence electrons. The van der Waals surface area contributed by atoms with Crippen LogP contribution < -0.4 is 5.32 Å². The minimum Gasteiger partial charge on any atom is -0.335 e. The highest BCUT2D eigenvalue weighted by atomic mass is 16.1. The van der Waals surface area contributed by atoms with Crippen molar-refractivity contribution >= 4 is 12.5 Å². The summed E-state index contributed by atoms with van der Waals surface area (Å²) in [5, 5.41) is 12.0. The van der Waals surface area contributed by atoms with Crippen molar-refractivity contribution in [2.24, 2.45) is 0 Å². The predicted octanol–water partition coefficient (Wildman–Crippen LogP) is -0.479. The quantitative estimate of drug-likeness (QED) is 0.554. The first-order valence-electron chi connectivity index (χ1n) is 2.65. The van der Waals surface area contributed by atoms with E-state index in [-0.39, 0.29) is 0 Å². The van der Waals surface area contributed by atoms with Gasteiger partial charge in [-0.3, -0.25) is 4.79 Å². The van der Waals surface area contributed by atoms with E-state index in [0.29, 0.717) is 12.1 Å². The van der Waals surface area contributed by atoms with Crippen molar-refractivity contribution in [3.05, 3.63) is 18.1 Å². The highest BCUT2D eigenvalue weighted by Crippen LogP contribution is 1.88. The Hall–Kier alpha value is -1.65. The van der Waals surface area contributed by atoms with Crippen molar-refractivity contribution in [1.82, 2.24) is 20.7 Å². The van der Waals surface area contributed by atoms with Crippen molar-refractivity contribution in [3.63, 3.8) is 0 Å². The van der Waals surface area contributed by atoms with Crippen LogP contribution in [0.5, 0.6) is 0 Å². The minimum atomic E-state index is 0.580. The number of aromatic nitrogens is 3. The molecule has 10 heavy (non-hydrogen) atoms. The second-order valence-electron chi connectivity index (χ2n) is 1.51. The van der Waals surface area contributed by atoms with Crippen LogP contribution >= 0.6 is 0 Å². The van der Waals surface area contributed by atoms with Gasteiger partial charge in [0.05, 0.1) is 6.20 Å². The lowest BCUT2D eigenvalue weighted by molar-refractivity contribution is -0.108. The fourth-order valence-corrected chi connectivity index (χ4v) is 0.464. The summed E-state index contributed by atoms with van der Waals surface area (Å²) >= 11 is 0. The SMILES string of the molecule is O=CN/C=C/c1cn[nH]n1. The van der Waals surface area contributed by atoms with Crippen molar-refractivity contribution in [2.75, 3.05) is 0 Å². The number of hydrogen-bond acceptors (Lipinski definition) is 3. The van der Waals surface area contributed by atoms with Crippen molar-refractivity contribution < 1.29 is 4.79 Å². The van der Waals surface area contributed by atoms with Crippen LogP contribution in [0.25, 0.3) is 6.08 Å². The minimum absolute atomic E-state index is 0.580. The average molecular weight is 138 g/mol.